The number of hydrazone groups is 1. The molecule has 1 spiro atoms. The minimum absolute atomic E-state index is 0.0822. The summed E-state index contributed by atoms with van der Waals surface area (Å²) in [5.74, 6) is 1.31. The molecule has 3 atom stereocenters. The lowest BCUT2D eigenvalue weighted by Crippen LogP contribution is -2.66. The maximum atomic E-state index is 13.6. The Morgan fingerprint density at radius 2 is 1.85 bits per heavy atom. The predicted molar refractivity (Wildman–Crippen MR) is 132 cm³/mol. The van der Waals surface area contributed by atoms with Crippen LogP contribution in [0.1, 0.15) is 90.4 Å². The van der Waals surface area contributed by atoms with Gasteiger partial charge in [0.05, 0.1) is 12.1 Å². The smallest absolute Gasteiger partial charge is 0.252 e. The first-order chi connectivity index (χ1) is 16.5. The summed E-state index contributed by atoms with van der Waals surface area (Å²) in [5.41, 5.74) is -0.503. The highest BCUT2D eigenvalue weighted by atomic mass is 16.5. The summed E-state index contributed by atoms with van der Waals surface area (Å²) in [5, 5.41) is 6.53. The molecule has 5 aliphatic rings. The Bertz CT molecular complexity index is 789. The average Bonchev–Trinajstić information content (AvgIpc) is 3.53. The van der Waals surface area contributed by atoms with Crippen LogP contribution in [0.25, 0.3) is 0 Å². The molecule has 4 fully saturated rings. The van der Waals surface area contributed by atoms with Crippen LogP contribution in [-0.4, -0.2) is 77.9 Å². The van der Waals surface area contributed by atoms with Gasteiger partial charge in [-0.3, -0.25) is 19.5 Å². The average molecular weight is 473 g/mol. The number of hydrogen-bond donors (Lipinski definition) is 0. The minimum atomic E-state index is -0.421. The lowest BCUT2D eigenvalue weighted by Gasteiger charge is -2.55. The van der Waals surface area contributed by atoms with E-state index in [9.17, 15) is 9.59 Å². The van der Waals surface area contributed by atoms with Crippen LogP contribution in [0.4, 0.5) is 0 Å². The fourth-order valence-corrected chi connectivity index (χ4v) is 7.90. The van der Waals surface area contributed by atoms with E-state index < -0.39 is 5.60 Å². The maximum absolute atomic E-state index is 13.6. The van der Waals surface area contributed by atoms with E-state index in [1.54, 1.807) is 6.34 Å². The molecule has 0 aromatic rings. The highest BCUT2D eigenvalue weighted by molar-refractivity contribution is 5.93. The van der Waals surface area contributed by atoms with Gasteiger partial charge in [-0.25, -0.2) is 0 Å². The summed E-state index contributed by atoms with van der Waals surface area (Å²) in [6.45, 7) is 5.06. The quantitative estimate of drug-likeness (QED) is 0.586. The van der Waals surface area contributed by atoms with Crippen LogP contribution in [-0.2, 0) is 14.3 Å². The molecule has 1 unspecified atom stereocenters. The molecule has 3 heterocycles. The first-order valence-corrected chi connectivity index (χ1v) is 13.9. The molecule has 2 saturated heterocycles. The summed E-state index contributed by atoms with van der Waals surface area (Å²) in [6, 6.07) is -0.110. The van der Waals surface area contributed by atoms with Crippen LogP contribution < -0.4 is 0 Å². The number of hydrogen-bond acceptors (Lipinski definition) is 5. The van der Waals surface area contributed by atoms with Gasteiger partial charge in [0.2, 0.25) is 5.91 Å². The highest BCUT2D eigenvalue weighted by Crippen LogP contribution is 2.53. The fourth-order valence-electron chi connectivity index (χ4n) is 7.90. The lowest BCUT2D eigenvalue weighted by atomic mass is 9.65. The van der Waals surface area contributed by atoms with Crippen molar-refractivity contribution >= 4 is 18.2 Å². The summed E-state index contributed by atoms with van der Waals surface area (Å²) < 4.78 is 6.38. The van der Waals surface area contributed by atoms with Crippen molar-refractivity contribution in [3.05, 3.63) is 0 Å². The molecule has 190 valence electrons. The number of rotatable bonds is 6. The third kappa shape index (κ3) is 4.27. The van der Waals surface area contributed by atoms with Crippen LogP contribution in [0.2, 0.25) is 0 Å². The number of carbonyl (C=O) groups is 2. The number of nitrogens with zero attached hydrogens (tertiary/aromatic N) is 4. The van der Waals surface area contributed by atoms with E-state index in [1.165, 1.54) is 44.9 Å². The summed E-state index contributed by atoms with van der Waals surface area (Å²) in [6.07, 6.45) is 16.5. The van der Waals surface area contributed by atoms with Crippen molar-refractivity contribution < 1.29 is 14.3 Å². The molecule has 2 aliphatic carbocycles. The van der Waals surface area contributed by atoms with Crippen LogP contribution in [0.5, 0.6) is 0 Å². The Balaban J connectivity index is 1.30. The number of piperidine rings is 1. The Morgan fingerprint density at radius 3 is 2.59 bits per heavy atom. The highest BCUT2D eigenvalue weighted by Gasteiger charge is 2.58. The summed E-state index contributed by atoms with van der Waals surface area (Å²) in [4.78, 5) is 30.8. The molecule has 0 radical (unpaired) electrons. The van der Waals surface area contributed by atoms with Gasteiger partial charge in [0.25, 0.3) is 5.91 Å². The van der Waals surface area contributed by atoms with E-state index in [1.807, 2.05) is 17.0 Å². The van der Waals surface area contributed by atoms with Crippen LogP contribution >= 0.6 is 0 Å². The van der Waals surface area contributed by atoms with Crippen molar-refractivity contribution in [3.8, 4) is 0 Å². The Morgan fingerprint density at radius 1 is 1.09 bits per heavy atom. The number of fused-ring (bicyclic) bond motifs is 1. The third-order valence-electron chi connectivity index (χ3n) is 9.90. The van der Waals surface area contributed by atoms with E-state index >= 15 is 0 Å². The molecule has 34 heavy (non-hydrogen) atoms. The van der Waals surface area contributed by atoms with E-state index in [4.69, 9.17) is 4.74 Å². The van der Waals surface area contributed by atoms with Gasteiger partial charge in [-0.05, 0) is 44.4 Å². The van der Waals surface area contributed by atoms with Crippen molar-refractivity contribution in [2.75, 3.05) is 33.3 Å². The fraction of sp³-hybridized carbons (Fsp3) is 0.889. The molecule has 2 saturated carbocycles. The van der Waals surface area contributed by atoms with E-state index in [0.29, 0.717) is 12.5 Å². The monoisotopic (exact) mass is 472 g/mol. The first kappa shape index (κ1) is 24.1. The minimum Gasteiger partial charge on any atom is -0.376 e. The van der Waals surface area contributed by atoms with Crippen molar-refractivity contribution in [1.82, 2.24) is 14.8 Å². The van der Waals surface area contributed by atoms with Crippen molar-refractivity contribution in [1.29, 1.82) is 0 Å². The molecule has 0 aromatic heterocycles. The number of amides is 2. The molecule has 3 aliphatic heterocycles. The van der Waals surface area contributed by atoms with Crippen LogP contribution in [0.3, 0.4) is 0 Å². The van der Waals surface area contributed by atoms with Gasteiger partial charge >= 0.3 is 0 Å². The number of likely N-dealkylation sites (tertiary alicyclic amines) is 1. The second-order valence-electron chi connectivity index (χ2n) is 11.9. The van der Waals surface area contributed by atoms with Gasteiger partial charge in [-0.15, -0.1) is 0 Å². The second kappa shape index (κ2) is 9.79. The Labute approximate surface area is 205 Å². The van der Waals surface area contributed by atoms with Gasteiger partial charge in [-0.2, -0.15) is 5.10 Å². The van der Waals surface area contributed by atoms with Crippen molar-refractivity contribution in [2.45, 2.75) is 102 Å². The number of ether oxygens (including phenoxy) is 1. The summed E-state index contributed by atoms with van der Waals surface area (Å²) >= 11 is 0. The Hall–Kier alpha value is -1.63. The Kier molecular flexibility index (Phi) is 6.93. The predicted octanol–water partition coefficient (Wildman–Crippen LogP) is 4.02. The van der Waals surface area contributed by atoms with Crippen molar-refractivity contribution in [3.63, 3.8) is 0 Å². The van der Waals surface area contributed by atoms with E-state index in [0.717, 1.165) is 64.1 Å². The first-order valence-electron chi connectivity index (χ1n) is 13.9. The lowest BCUT2D eigenvalue weighted by molar-refractivity contribution is -0.177. The van der Waals surface area contributed by atoms with Gasteiger partial charge in [0.15, 0.2) is 0 Å². The molecule has 7 nitrogen and oxygen atoms in total. The SMILES string of the molecule is CO[C@@]1(CN2C=NN3CCCC3C2=O)CCN(C(=O)[C@H](C)CC2CCCCC2)CC12CCCC2. The molecule has 0 bridgehead atoms. The standard InChI is InChI=1S/C27H44N4O3/c1-21(17-22-9-4-3-5-10-22)24(32)29-16-14-27(34-2,26(18-29)12-6-7-13-26)19-30-20-28-31-15-8-11-23(31)25(30)33/h20-23H,3-19H2,1-2H3/t21-,23?,27-/m1/s1. The zero-order chi connectivity index (χ0) is 23.8. The topological polar surface area (TPSA) is 65.5 Å². The zero-order valence-electron chi connectivity index (χ0n) is 21.3. The molecule has 0 aromatic carbocycles. The molecule has 2 amide bonds. The summed E-state index contributed by atoms with van der Waals surface area (Å²) in [7, 11) is 1.82. The van der Waals surface area contributed by atoms with Crippen LogP contribution in [0, 0.1) is 17.3 Å². The van der Waals surface area contributed by atoms with Gasteiger partial charge in [-0.1, -0.05) is 51.9 Å². The number of carbonyl (C=O) groups excluding carboxylic acids is 2. The second-order valence-corrected chi connectivity index (χ2v) is 11.9. The van der Waals surface area contributed by atoms with Gasteiger partial charge in [0.1, 0.15) is 12.4 Å². The molecule has 5 rings (SSSR count). The van der Waals surface area contributed by atoms with Crippen LogP contribution in [0.15, 0.2) is 5.10 Å². The number of methoxy groups -OCH3 is 1. The molecule has 0 N–H and O–H groups in total. The zero-order valence-corrected chi connectivity index (χ0v) is 21.3. The third-order valence-corrected chi connectivity index (χ3v) is 9.90. The van der Waals surface area contributed by atoms with E-state index in [2.05, 4.69) is 16.9 Å². The molecule has 7 heteroatoms. The molecular formula is C27H44N4O3. The molecular weight excluding hydrogens is 428 g/mol. The largest absolute Gasteiger partial charge is 0.376 e. The van der Waals surface area contributed by atoms with Gasteiger partial charge < -0.3 is 9.64 Å². The van der Waals surface area contributed by atoms with Gasteiger partial charge in [0, 0.05) is 38.1 Å². The normalized spacial score (nSPS) is 32.5. The van der Waals surface area contributed by atoms with E-state index in [-0.39, 0.29) is 23.3 Å². The van der Waals surface area contributed by atoms with Crippen molar-refractivity contribution in [2.24, 2.45) is 22.4 Å². The maximum Gasteiger partial charge on any atom is 0.252 e.